The van der Waals surface area contributed by atoms with Gasteiger partial charge in [0.15, 0.2) is 0 Å². The summed E-state index contributed by atoms with van der Waals surface area (Å²) in [4.78, 5) is 14.8. The first-order valence-electron chi connectivity index (χ1n) is 8.28. The fourth-order valence-corrected chi connectivity index (χ4v) is 3.50. The van der Waals surface area contributed by atoms with Gasteiger partial charge in [0.05, 0.1) is 23.4 Å². The molecular formula is C19H20Cl2N2O2. The summed E-state index contributed by atoms with van der Waals surface area (Å²) >= 11 is 12.4. The number of ether oxygens (including phenoxy) is 1. The van der Waals surface area contributed by atoms with Crippen LogP contribution in [0.1, 0.15) is 29.6 Å². The third-order valence-electron chi connectivity index (χ3n) is 4.31. The minimum absolute atomic E-state index is 0.291. The second kappa shape index (κ2) is 7.98. The molecule has 0 unspecified atom stereocenters. The number of carbonyl (C=O) groups is 1. The van der Waals surface area contributed by atoms with E-state index in [9.17, 15) is 4.79 Å². The largest absolute Gasteiger partial charge is 0.496 e. The zero-order valence-corrected chi connectivity index (χ0v) is 15.5. The first-order valence-corrected chi connectivity index (χ1v) is 9.03. The van der Waals surface area contributed by atoms with E-state index in [0.717, 1.165) is 18.8 Å². The van der Waals surface area contributed by atoms with Crippen LogP contribution in [-0.4, -0.2) is 26.1 Å². The number of benzene rings is 2. The minimum Gasteiger partial charge on any atom is -0.496 e. The first kappa shape index (κ1) is 17.9. The second-order valence-electron chi connectivity index (χ2n) is 6.01. The summed E-state index contributed by atoms with van der Waals surface area (Å²) < 4.78 is 5.23. The number of nitrogens with zero attached hydrogens (tertiary/aromatic N) is 1. The first-order chi connectivity index (χ1) is 12.1. The molecule has 0 aliphatic carbocycles. The van der Waals surface area contributed by atoms with Gasteiger partial charge >= 0.3 is 0 Å². The van der Waals surface area contributed by atoms with Crippen LogP contribution >= 0.6 is 23.2 Å². The lowest BCUT2D eigenvalue weighted by Crippen LogP contribution is -2.29. The van der Waals surface area contributed by atoms with Gasteiger partial charge in [-0.1, -0.05) is 23.2 Å². The molecule has 6 heteroatoms. The number of rotatable bonds is 4. The fraction of sp³-hybridized carbons (Fsp3) is 0.316. The molecule has 1 N–H and O–H groups in total. The van der Waals surface area contributed by atoms with E-state index in [2.05, 4.69) is 10.2 Å². The summed E-state index contributed by atoms with van der Waals surface area (Å²) in [5, 5.41) is 3.96. The highest BCUT2D eigenvalue weighted by atomic mass is 35.5. The van der Waals surface area contributed by atoms with Crippen molar-refractivity contribution in [2.24, 2.45) is 0 Å². The maximum atomic E-state index is 12.5. The van der Waals surface area contributed by atoms with Crippen molar-refractivity contribution in [3.8, 4) is 5.75 Å². The minimum atomic E-state index is -0.291. The number of nitrogens with one attached hydrogen (secondary N) is 1. The Morgan fingerprint density at radius 2 is 1.84 bits per heavy atom. The van der Waals surface area contributed by atoms with Gasteiger partial charge < -0.3 is 15.0 Å². The number of halogens is 2. The molecule has 2 aromatic carbocycles. The van der Waals surface area contributed by atoms with Gasteiger partial charge in [-0.3, -0.25) is 4.79 Å². The third-order valence-corrected chi connectivity index (χ3v) is 4.85. The molecule has 4 nitrogen and oxygen atoms in total. The van der Waals surface area contributed by atoms with E-state index in [1.165, 1.54) is 26.4 Å². The Hall–Kier alpha value is -1.91. The predicted molar refractivity (Wildman–Crippen MR) is 103 cm³/mol. The Balaban J connectivity index is 1.78. The molecular weight excluding hydrogens is 359 g/mol. The van der Waals surface area contributed by atoms with Gasteiger partial charge in [0.1, 0.15) is 5.75 Å². The summed E-state index contributed by atoms with van der Waals surface area (Å²) in [6.45, 7) is 2.04. The molecule has 1 fully saturated rings. The molecule has 2 aromatic rings. The molecule has 0 spiro atoms. The Bertz CT molecular complexity index is 774. The van der Waals surface area contributed by atoms with E-state index in [-0.39, 0.29) is 5.91 Å². The van der Waals surface area contributed by atoms with E-state index in [4.69, 9.17) is 27.9 Å². The molecule has 0 atom stereocenters. The van der Waals surface area contributed by atoms with E-state index >= 15 is 0 Å². The number of amides is 1. The van der Waals surface area contributed by atoms with Gasteiger partial charge in [-0.2, -0.15) is 0 Å². The van der Waals surface area contributed by atoms with Crippen LogP contribution in [0.15, 0.2) is 36.4 Å². The summed E-state index contributed by atoms with van der Waals surface area (Å²) in [6, 6.07) is 10.5. The Morgan fingerprint density at radius 3 is 2.52 bits per heavy atom. The van der Waals surface area contributed by atoms with E-state index in [1.807, 2.05) is 12.1 Å². The van der Waals surface area contributed by atoms with E-state index in [0.29, 0.717) is 27.0 Å². The zero-order valence-electron chi connectivity index (χ0n) is 14.0. The van der Waals surface area contributed by atoms with Crippen LogP contribution in [0.3, 0.4) is 0 Å². The van der Waals surface area contributed by atoms with Gasteiger partial charge in [0.25, 0.3) is 5.91 Å². The van der Waals surface area contributed by atoms with E-state index in [1.54, 1.807) is 24.3 Å². The van der Waals surface area contributed by atoms with E-state index < -0.39 is 0 Å². The molecule has 0 aromatic heterocycles. The second-order valence-corrected chi connectivity index (χ2v) is 6.86. The highest BCUT2D eigenvalue weighted by Gasteiger charge is 2.16. The number of piperidine rings is 1. The molecule has 0 saturated carbocycles. The van der Waals surface area contributed by atoms with Crippen molar-refractivity contribution >= 4 is 40.5 Å². The average molecular weight is 379 g/mol. The lowest BCUT2D eigenvalue weighted by molar-refractivity contribution is 0.102. The average Bonchev–Trinajstić information content (AvgIpc) is 2.62. The van der Waals surface area contributed by atoms with Crippen molar-refractivity contribution in [3.63, 3.8) is 0 Å². The molecule has 1 amide bonds. The summed E-state index contributed by atoms with van der Waals surface area (Å²) in [6.07, 6.45) is 3.64. The number of anilines is 2. The fourth-order valence-electron chi connectivity index (χ4n) is 3.03. The van der Waals surface area contributed by atoms with Crippen molar-refractivity contribution in [1.29, 1.82) is 0 Å². The van der Waals surface area contributed by atoms with Crippen LogP contribution in [0.25, 0.3) is 0 Å². The quantitative estimate of drug-likeness (QED) is 0.790. The van der Waals surface area contributed by atoms with Gasteiger partial charge in [-0.25, -0.2) is 0 Å². The highest BCUT2D eigenvalue weighted by Crippen LogP contribution is 2.31. The van der Waals surface area contributed by atoms with Gasteiger partial charge in [-0.15, -0.1) is 0 Å². The summed E-state index contributed by atoms with van der Waals surface area (Å²) in [5.41, 5.74) is 2.03. The third kappa shape index (κ3) is 4.20. The van der Waals surface area contributed by atoms with Crippen LogP contribution in [0.5, 0.6) is 5.75 Å². The molecule has 3 rings (SSSR count). The molecule has 0 radical (unpaired) electrons. The number of hydrogen-bond donors (Lipinski definition) is 1. The molecule has 1 aliphatic heterocycles. The lowest BCUT2D eigenvalue weighted by atomic mass is 10.1. The Morgan fingerprint density at radius 1 is 1.08 bits per heavy atom. The van der Waals surface area contributed by atoms with Crippen LogP contribution in [0, 0.1) is 0 Å². The maximum absolute atomic E-state index is 12.5. The monoisotopic (exact) mass is 378 g/mol. The van der Waals surface area contributed by atoms with Crippen molar-refractivity contribution < 1.29 is 9.53 Å². The van der Waals surface area contributed by atoms with Gasteiger partial charge in [0.2, 0.25) is 0 Å². The maximum Gasteiger partial charge on any atom is 0.259 e. The van der Waals surface area contributed by atoms with Crippen LogP contribution in [-0.2, 0) is 0 Å². The molecule has 1 heterocycles. The van der Waals surface area contributed by atoms with Gasteiger partial charge in [-0.05, 0) is 55.7 Å². The lowest BCUT2D eigenvalue weighted by Gasteiger charge is -2.29. The molecule has 1 saturated heterocycles. The van der Waals surface area contributed by atoms with Crippen molar-refractivity contribution in [2.75, 3.05) is 30.4 Å². The number of carbonyl (C=O) groups excluding carboxylic acids is 1. The van der Waals surface area contributed by atoms with Crippen molar-refractivity contribution in [2.45, 2.75) is 19.3 Å². The Kier molecular flexibility index (Phi) is 5.71. The smallest absolute Gasteiger partial charge is 0.259 e. The van der Waals surface area contributed by atoms with Crippen LogP contribution < -0.4 is 15.0 Å². The van der Waals surface area contributed by atoms with Crippen LogP contribution in [0.2, 0.25) is 10.0 Å². The molecule has 132 valence electrons. The number of methoxy groups -OCH3 is 1. The van der Waals surface area contributed by atoms with Gasteiger partial charge in [0, 0.05) is 23.8 Å². The highest BCUT2D eigenvalue weighted by molar-refractivity contribution is 6.33. The topological polar surface area (TPSA) is 41.6 Å². The molecule has 0 bridgehead atoms. The number of hydrogen-bond acceptors (Lipinski definition) is 3. The standard InChI is InChI=1S/C19H20Cl2N2O2/c1-25-18-8-5-13(20)11-15(18)19(24)22-14-6-7-17(16(21)12-14)23-9-3-2-4-10-23/h5-8,11-12H,2-4,9-10H2,1H3,(H,22,24). The van der Waals surface area contributed by atoms with Crippen molar-refractivity contribution in [1.82, 2.24) is 0 Å². The summed E-state index contributed by atoms with van der Waals surface area (Å²) in [5.74, 6) is 0.180. The SMILES string of the molecule is COc1ccc(Cl)cc1C(=O)Nc1ccc(N2CCCCC2)c(Cl)c1. The van der Waals surface area contributed by atoms with Crippen molar-refractivity contribution in [3.05, 3.63) is 52.0 Å². The molecule has 1 aliphatic rings. The zero-order chi connectivity index (χ0) is 17.8. The predicted octanol–water partition coefficient (Wildman–Crippen LogP) is 5.24. The Labute approximate surface area is 157 Å². The van der Waals surface area contributed by atoms with Crippen LogP contribution in [0.4, 0.5) is 11.4 Å². The summed E-state index contributed by atoms with van der Waals surface area (Å²) in [7, 11) is 1.52. The molecule has 25 heavy (non-hydrogen) atoms. The normalized spacial score (nSPS) is 14.3.